The second-order valence-corrected chi connectivity index (χ2v) is 4.67. The molecule has 1 aromatic carbocycles. The van der Waals surface area contributed by atoms with Gasteiger partial charge in [0.2, 0.25) is 5.91 Å². The quantitative estimate of drug-likeness (QED) is 0.896. The van der Waals surface area contributed by atoms with Gasteiger partial charge in [0.15, 0.2) is 11.6 Å². The summed E-state index contributed by atoms with van der Waals surface area (Å²) in [5.74, 6) is -2.12. The molecule has 0 aliphatic carbocycles. The number of carbonyl (C=O) groups excluding carboxylic acids is 1. The summed E-state index contributed by atoms with van der Waals surface area (Å²) in [4.78, 5) is 11.7. The number of hydrogen-bond donors (Lipinski definition) is 2. The molecule has 0 heterocycles. The molecule has 1 rings (SSSR count). The lowest BCUT2D eigenvalue weighted by Gasteiger charge is -2.20. The highest BCUT2D eigenvalue weighted by atomic mass is 35.5. The van der Waals surface area contributed by atoms with E-state index < -0.39 is 23.7 Å². The van der Waals surface area contributed by atoms with Crippen LogP contribution in [0.5, 0.6) is 0 Å². The molecule has 3 nitrogen and oxygen atoms in total. The number of rotatable bonds is 4. The predicted molar refractivity (Wildman–Crippen MR) is 73.0 cm³/mol. The first-order valence-electron chi connectivity index (χ1n) is 5.83. The highest BCUT2D eigenvalue weighted by Crippen LogP contribution is 2.16. The molecule has 0 aliphatic heterocycles. The Balaban J connectivity index is 0.00000324. The summed E-state index contributed by atoms with van der Waals surface area (Å²) in [5, 5.41) is 2.67. The van der Waals surface area contributed by atoms with E-state index in [4.69, 9.17) is 5.73 Å². The summed E-state index contributed by atoms with van der Waals surface area (Å²) in [6.45, 7) is 5.37. The monoisotopic (exact) mass is 292 g/mol. The fourth-order valence-electron chi connectivity index (χ4n) is 1.48. The molecule has 0 saturated heterocycles. The summed E-state index contributed by atoms with van der Waals surface area (Å²) in [5.41, 5.74) is 6.19. The van der Waals surface area contributed by atoms with Crippen LogP contribution in [0.1, 0.15) is 32.4 Å². The van der Waals surface area contributed by atoms with Crippen molar-refractivity contribution in [2.45, 2.75) is 32.9 Å². The molecule has 19 heavy (non-hydrogen) atoms. The Morgan fingerprint density at radius 3 is 2.26 bits per heavy atom. The van der Waals surface area contributed by atoms with Gasteiger partial charge in [-0.05, 0) is 30.5 Å². The van der Waals surface area contributed by atoms with Gasteiger partial charge in [-0.15, -0.1) is 12.4 Å². The van der Waals surface area contributed by atoms with Gasteiger partial charge in [0.05, 0.1) is 12.1 Å². The van der Waals surface area contributed by atoms with Gasteiger partial charge in [-0.3, -0.25) is 4.79 Å². The second-order valence-electron chi connectivity index (χ2n) is 4.67. The Bertz CT molecular complexity index is 441. The first-order chi connectivity index (χ1) is 8.32. The summed E-state index contributed by atoms with van der Waals surface area (Å²) >= 11 is 0. The molecule has 0 bridgehead atoms. The largest absolute Gasteiger partial charge is 0.348 e. The van der Waals surface area contributed by atoms with Gasteiger partial charge < -0.3 is 11.1 Å². The molecule has 108 valence electrons. The molecule has 0 aromatic heterocycles. The van der Waals surface area contributed by atoms with Crippen LogP contribution in [0.3, 0.4) is 0 Å². The zero-order valence-electron chi connectivity index (χ0n) is 11.1. The smallest absolute Gasteiger partial charge is 0.237 e. The molecular weight excluding hydrogens is 274 g/mol. The number of amides is 1. The number of carbonyl (C=O) groups is 1. The Morgan fingerprint density at radius 2 is 1.79 bits per heavy atom. The minimum absolute atomic E-state index is 0. The third kappa shape index (κ3) is 4.76. The third-order valence-corrected chi connectivity index (χ3v) is 2.82. The maximum absolute atomic E-state index is 13.1. The maximum Gasteiger partial charge on any atom is 0.237 e. The molecule has 0 saturated carbocycles. The molecule has 1 unspecified atom stereocenters. The van der Waals surface area contributed by atoms with Crippen LogP contribution < -0.4 is 11.1 Å². The maximum atomic E-state index is 13.1. The average molecular weight is 293 g/mol. The SMILES string of the molecule is CC(NC(=O)[C@H](N)C(C)C)c1ccc(F)c(F)c1.Cl. The van der Waals surface area contributed by atoms with Gasteiger partial charge in [0.1, 0.15) is 0 Å². The topological polar surface area (TPSA) is 55.1 Å². The number of halogens is 3. The van der Waals surface area contributed by atoms with Crippen LogP contribution in [0.25, 0.3) is 0 Å². The third-order valence-electron chi connectivity index (χ3n) is 2.82. The van der Waals surface area contributed by atoms with E-state index >= 15 is 0 Å². The molecule has 0 radical (unpaired) electrons. The lowest BCUT2D eigenvalue weighted by atomic mass is 10.0. The molecule has 0 aliphatic rings. The van der Waals surface area contributed by atoms with Gasteiger partial charge >= 0.3 is 0 Å². The number of benzene rings is 1. The van der Waals surface area contributed by atoms with Crippen LogP contribution >= 0.6 is 12.4 Å². The van der Waals surface area contributed by atoms with E-state index in [0.717, 1.165) is 12.1 Å². The van der Waals surface area contributed by atoms with Crippen LogP contribution in [-0.4, -0.2) is 11.9 Å². The van der Waals surface area contributed by atoms with Crippen LogP contribution in [0, 0.1) is 17.6 Å². The zero-order chi connectivity index (χ0) is 13.9. The second kappa shape index (κ2) is 7.40. The van der Waals surface area contributed by atoms with Crippen molar-refractivity contribution in [3.8, 4) is 0 Å². The van der Waals surface area contributed by atoms with Crippen LogP contribution in [0.15, 0.2) is 18.2 Å². The van der Waals surface area contributed by atoms with Crippen molar-refractivity contribution in [3.63, 3.8) is 0 Å². The minimum Gasteiger partial charge on any atom is -0.348 e. The Hall–Kier alpha value is -1.20. The molecule has 3 N–H and O–H groups in total. The normalized spacial score (nSPS) is 13.6. The van der Waals surface area contributed by atoms with Crippen LogP contribution in [0.2, 0.25) is 0 Å². The lowest BCUT2D eigenvalue weighted by Crippen LogP contribution is -2.44. The average Bonchev–Trinajstić information content (AvgIpc) is 2.31. The zero-order valence-corrected chi connectivity index (χ0v) is 11.9. The number of nitrogens with one attached hydrogen (secondary N) is 1. The molecule has 2 atom stereocenters. The van der Waals surface area contributed by atoms with Crippen molar-refractivity contribution in [3.05, 3.63) is 35.4 Å². The Kier molecular flexibility index (Phi) is 6.94. The van der Waals surface area contributed by atoms with Crippen molar-refractivity contribution in [1.29, 1.82) is 0 Å². The van der Waals surface area contributed by atoms with Crippen molar-refractivity contribution in [2.75, 3.05) is 0 Å². The van der Waals surface area contributed by atoms with Crippen LogP contribution in [0.4, 0.5) is 8.78 Å². The van der Waals surface area contributed by atoms with E-state index in [1.165, 1.54) is 6.07 Å². The van der Waals surface area contributed by atoms with Crippen molar-refractivity contribution < 1.29 is 13.6 Å². The first kappa shape index (κ1) is 17.8. The van der Waals surface area contributed by atoms with Crippen molar-refractivity contribution >= 4 is 18.3 Å². The number of nitrogens with two attached hydrogens (primary N) is 1. The van der Waals surface area contributed by atoms with E-state index in [9.17, 15) is 13.6 Å². The van der Waals surface area contributed by atoms with E-state index in [-0.39, 0.29) is 24.2 Å². The van der Waals surface area contributed by atoms with Gasteiger partial charge in [-0.1, -0.05) is 19.9 Å². The summed E-state index contributed by atoms with van der Waals surface area (Å²) in [7, 11) is 0. The molecule has 6 heteroatoms. The van der Waals surface area contributed by atoms with E-state index in [2.05, 4.69) is 5.32 Å². The number of hydrogen-bond acceptors (Lipinski definition) is 2. The highest BCUT2D eigenvalue weighted by Gasteiger charge is 2.19. The van der Waals surface area contributed by atoms with Gasteiger partial charge in [0, 0.05) is 0 Å². The van der Waals surface area contributed by atoms with Crippen LogP contribution in [-0.2, 0) is 4.79 Å². The van der Waals surface area contributed by atoms with Gasteiger partial charge in [0.25, 0.3) is 0 Å². The van der Waals surface area contributed by atoms with Gasteiger partial charge in [-0.2, -0.15) is 0 Å². The van der Waals surface area contributed by atoms with Gasteiger partial charge in [-0.25, -0.2) is 8.78 Å². The molecule has 0 spiro atoms. The predicted octanol–water partition coefficient (Wildman–Crippen LogP) is 2.55. The lowest BCUT2D eigenvalue weighted by molar-refractivity contribution is -0.123. The summed E-state index contributed by atoms with van der Waals surface area (Å²) in [6, 6.07) is 2.51. The molecule has 0 fully saturated rings. The fourth-order valence-corrected chi connectivity index (χ4v) is 1.48. The standard InChI is InChI=1S/C13H18F2N2O.ClH/c1-7(2)12(16)13(18)17-8(3)9-4-5-10(14)11(15)6-9;/h4-8,12H,16H2,1-3H3,(H,17,18);1H/t8?,12-;/m1./s1. The summed E-state index contributed by atoms with van der Waals surface area (Å²) in [6.07, 6.45) is 0. The Morgan fingerprint density at radius 1 is 1.21 bits per heavy atom. The highest BCUT2D eigenvalue weighted by molar-refractivity contribution is 5.85. The molecular formula is C13H19ClF2N2O. The first-order valence-corrected chi connectivity index (χ1v) is 5.83. The van der Waals surface area contributed by atoms with E-state index in [1.54, 1.807) is 6.92 Å². The van der Waals surface area contributed by atoms with Crippen molar-refractivity contribution in [2.24, 2.45) is 11.7 Å². The van der Waals surface area contributed by atoms with Crippen molar-refractivity contribution in [1.82, 2.24) is 5.32 Å². The minimum atomic E-state index is -0.929. The fraction of sp³-hybridized carbons (Fsp3) is 0.462. The molecule has 1 aromatic rings. The van der Waals surface area contributed by atoms with E-state index in [0.29, 0.717) is 5.56 Å². The molecule has 1 amide bonds. The Labute approximate surface area is 118 Å². The summed E-state index contributed by atoms with van der Waals surface area (Å²) < 4.78 is 25.8. The van der Waals surface area contributed by atoms with E-state index in [1.807, 2.05) is 13.8 Å².